The molecule has 0 bridgehead atoms. The van der Waals surface area contributed by atoms with Crippen LogP contribution in [0.1, 0.15) is 24.4 Å². The van der Waals surface area contributed by atoms with Gasteiger partial charge in [0.2, 0.25) is 0 Å². The largest absolute Gasteiger partial charge is 0.506 e. The van der Waals surface area contributed by atoms with Gasteiger partial charge in [0.15, 0.2) is 0 Å². The molecule has 1 atom stereocenters. The monoisotopic (exact) mass is 433 g/mol. The molecular weight excluding hydrogens is 420 g/mol. The predicted molar refractivity (Wildman–Crippen MR) is 76.8 cm³/mol. The van der Waals surface area contributed by atoms with Gasteiger partial charge in [0.05, 0.1) is 3.57 Å². The summed E-state index contributed by atoms with van der Waals surface area (Å²) < 4.78 is 1.87. The molecule has 0 amide bonds. The Hall–Kier alpha value is 0.400. The van der Waals surface area contributed by atoms with Crippen molar-refractivity contribution in [3.8, 4) is 5.75 Å². The molecule has 0 aliphatic carbocycles. The number of aliphatic hydroxyl groups excluding tert-OH is 1. The van der Waals surface area contributed by atoms with E-state index < -0.39 is 0 Å². The highest BCUT2D eigenvalue weighted by Gasteiger charge is 2.13. The van der Waals surface area contributed by atoms with Crippen molar-refractivity contribution >= 4 is 45.2 Å². The minimum absolute atomic E-state index is 0.134. The molecule has 3 nitrogen and oxygen atoms in total. The average molecular weight is 433 g/mol. The fourth-order valence-electron chi connectivity index (χ4n) is 1.34. The van der Waals surface area contributed by atoms with E-state index in [0.29, 0.717) is 12.8 Å². The van der Waals surface area contributed by atoms with E-state index in [1.807, 2.05) is 12.1 Å². The smallest absolute Gasteiger partial charge is 0.133 e. The highest BCUT2D eigenvalue weighted by Crippen LogP contribution is 2.31. The lowest BCUT2D eigenvalue weighted by Gasteiger charge is -2.14. The molecule has 0 saturated heterocycles. The van der Waals surface area contributed by atoms with Crippen LogP contribution in [0.2, 0.25) is 0 Å². The summed E-state index contributed by atoms with van der Waals surface area (Å²) in [4.78, 5) is 0. The van der Waals surface area contributed by atoms with Crippen molar-refractivity contribution in [2.45, 2.75) is 18.9 Å². The fraction of sp³-hybridized carbons (Fsp3) is 0.400. The maximum absolute atomic E-state index is 9.84. The molecule has 0 aliphatic rings. The molecule has 0 fully saturated rings. The number of aromatic hydroxyl groups is 1. The number of phenols is 1. The number of phenolic OH excluding ortho intramolecular Hbond substituents is 1. The number of halogens is 2. The van der Waals surface area contributed by atoms with Crippen molar-refractivity contribution in [2.24, 2.45) is 5.73 Å². The third kappa shape index (κ3) is 3.72. The first-order valence-electron chi connectivity index (χ1n) is 4.60. The van der Waals surface area contributed by atoms with Gasteiger partial charge in [0.1, 0.15) is 5.75 Å². The van der Waals surface area contributed by atoms with Gasteiger partial charge in [0.25, 0.3) is 0 Å². The Morgan fingerprint density at radius 3 is 2.60 bits per heavy atom. The number of benzene rings is 1. The summed E-state index contributed by atoms with van der Waals surface area (Å²) in [7, 11) is 0. The second-order valence-corrected chi connectivity index (χ2v) is 5.71. The van der Waals surface area contributed by atoms with Gasteiger partial charge in [-0.05, 0) is 70.2 Å². The Morgan fingerprint density at radius 2 is 2.00 bits per heavy atom. The van der Waals surface area contributed by atoms with E-state index in [1.54, 1.807) is 0 Å². The van der Waals surface area contributed by atoms with Crippen LogP contribution in [-0.4, -0.2) is 16.8 Å². The SMILES string of the molecule is N[C@@H](CCCO)c1cc(I)cc(I)c1O. The number of nitrogens with two attached hydrogens (primary N) is 1. The van der Waals surface area contributed by atoms with Crippen LogP contribution in [0, 0.1) is 7.14 Å². The second kappa shape index (κ2) is 6.21. The van der Waals surface area contributed by atoms with Crippen molar-refractivity contribution < 1.29 is 10.2 Å². The Labute approximate surface area is 116 Å². The topological polar surface area (TPSA) is 66.5 Å². The Kier molecular flexibility index (Phi) is 5.58. The van der Waals surface area contributed by atoms with Gasteiger partial charge in [-0.2, -0.15) is 0 Å². The van der Waals surface area contributed by atoms with Gasteiger partial charge in [-0.3, -0.25) is 0 Å². The van der Waals surface area contributed by atoms with E-state index in [-0.39, 0.29) is 18.4 Å². The van der Waals surface area contributed by atoms with Crippen LogP contribution in [0.4, 0.5) is 0 Å². The molecule has 1 aromatic rings. The van der Waals surface area contributed by atoms with Crippen LogP contribution >= 0.6 is 45.2 Å². The molecule has 0 aliphatic heterocycles. The van der Waals surface area contributed by atoms with Gasteiger partial charge in [-0.25, -0.2) is 0 Å². The zero-order valence-corrected chi connectivity index (χ0v) is 12.4. The molecule has 1 aromatic carbocycles. The van der Waals surface area contributed by atoms with Gasteiger partial charge in [-0.1, -0.05) is 0 Å². The normalized spacial score (nSPS) is 12.8. The lowest BCUT2D eigenvalue weighted by molar-refractivity contribution is 0.279. The molecule has 0 spiro atoms. The second-order valence-electron chi connectivity index (χ2n) is 3.30. The first-order chi connectivity index (χ1) is 7.06. The molecule has 0 radical (unpaired) electrons. The van der Waals surface area contributed by atoms with Gasteiger partial charge < -0.3 is 15.9 Å². The van der Waals surface area contributed by atoms with E-state index in [4.69, 9.17) is 10.8 Å². The van der Waals surface area contributed by atoms with Crippen molar-refractivity contribution in [3.63, 3.8) is 0 Å². The fourth-order valence-corrected chi connectivity index (χ4v) is 3.22. The highest BCUT2D eigenvalue weighted by molar-refractivity contribution is 14.1. The summed E-state index contributed by atoms with van der Waals surface area (Å²) in [6.07, 6.45) is 1.34. The van der Waals surface area contributed by atoms with Crippen molar-refractivity contribution in [2.75, 3.05) is 6.61 Å². The van der Waals surface area contributed by atoms with Crippen molar-refractivity contribution in [3.05, 3.63) is 24.8 Å². The minimum Gasteiger partial charge on any atom is -0.506 e. The van der Waals surface area contributed by atoms with Crippen LogP contribution in [0.5, 0.6) is 5.75 Å². The average Bonchev–Trinajstić information content (AvgIpc) is 2.19. The van der Waals surface area contributed by atoms with E-state index in [2.05, 4.69) is 45.2 Å². The van der Waals surface area contributed by atoms with Gasteiger partial charge >= 0.3 is 0 Å². The zero-order chi connectivity index (χ0) is 11.4. The maximum Gasteiger partial charge on any atom is 0.133 e. The summed E-state index contributed by atoms with van der Waals surface area (Å²) in [5.74, 6) is 0.265. The molecule has 0 aromatic heterocycles. The first-order valence-corrected chi connectivity index (χ1v) is 6.76. The molecule has 15 heavy (non-hydrogen) atoms. The van der Waals surface area contributed by atoms with E-state index >= 15 is 0 Å². The maximum atomic E-state index is 9.84. The van der Waals surface area contributed by atoms with E-state index in [1.165, 1.54) is 0 Å². The molecule has 5 heteroatoms. The molecule has 84 valence electrons. The molecule has 0 unspecified atom stereocenters. The third-order valence-electron chi connectivity index (χ3n) is 2.13. The van der Waals surface area contributed by atoms with E-state index in [0.717, 1.165) is 12.7 Å². The highest BCUT2D eigenvalue weighted by atomic mass is 127. The summed E-state index contributed by atoms with van der Waals surface area (Å²) >= 11 is 4.28. The molecular formula is C10H13I2NO2. The zero-order valence-electron chi connectivity index (χ0n) is 8.08. The Bertz CT molecular complexity index is 344. The standard InChI is InChI=1S/C10H13I2NO2/c11-6-4-7(9(13)2-1-3-14)10(15)8(12)5-6/h4-5,9,14-15H,1-3,13H2/t9-/m0/s1. The van der Waals surface area contributed by atoms with Crippen LogP contribution in [-0.2, 0) is 0 Å². The molecule has 0 heterocycles. The van der Waals surface area contributed by atoms with Crippen molar-refractivity contribution in [1.29, 1.82) is 0 Å². The Balaban J connectivity index is 2.92. The predicted octanol–water partition coefficient (Wildman–Crippen LogP) is 2.37. The number of aliphatic hydroxyl groups is 1. The number of hydrogen-bond donors (Lipinski definition) is 3. The lowest BCUT2D eigenvalue weighted by Crippen LogP contribution is -2.11. The van der Waals surface area contributed by atoms with Crippen LogP contribution in [0.15, 0.2) is 12.1 Å². The van der Waals surface area contributed by atoms with Crippen LogP contribution < -0.4 is 5.73 Å². The lowest BCUT2D eigenvalue weighted by atomic mass is 10.0. The summed E-state index contributed by atoms with van der Waals surface area (Å²) in [6, 6.07) is 3.58. The van der Waals surface area contributed by atoms with Gasteiger partial charge in [0, 0.05) is 21.8 Å². The number of hydrogen-bond acceptors (Lipinski definition) is 3. The third-order valence-corrected chi connectivity index (χ3v) is 3.58. The minimum atomic E-state index is -0.208. The van der Waals surface area contributed by atoms with Crippen LogP contribution in [0.25, 0.3) is 0 Å². The molecule has 4 N–H and O–H groups in total. The van der Waals surface area contributed by atoms with Crippen molar-refractivity contribution in [1.82, 2.24) is 0 Å². The molecule has 1 rings (SSSR count). The summed E-state index contributed by atoms with van der Waals surface area (Å²) in [5.41, 5.74) is 6.71. The first kappa shape index (κ1) is 13.5. The Morgan fingerprint density at radius 1 is 1.33 bits per heavy atom. The number of rotatable bonds is 4. The van der Waals surface area contributed by atoms with E-state index in [9.17, 15) is 5.11 Å². The van der Waals surface area contributed by atoms with Gasteiger partial charge in [-0.15, -0.1) is 0 Å². The summed E-state index contributed by atoms with van der Waals surface area (Å²) in [5, 5.41) is 18.6. The molecule has 0 saturated carbocycles. The quantitative estimate of drug-likeness (QED) is 0.640. The van der Waals surface area contributed by atoms with Crippen LogP contribution in [0.3, 0.4) is 0 Å². The summed E-state index contributed by atoms with van der Waals surface area (Å²) in [6.45, 7) is 0.134.